The van der Waals surface area contributed by atoms with Crippen molar-refractivity contribution in [1.82, 2.24) is 19.9 Å². The third-order valence-corrected chi connectivity index (χ3v) is 2.37. The predicted octanol–water partition coefficient (Wildman–Crippen LogP) is 1.67. The van der Waals surface area contributed by atoms with Gasteiger partial charge in [0.1, 0.15) is 0 Å². The van der Waals surface area contributed by atoms with Crippen LogP contribution in [0.25, 0.3) is 0 Å². The first kappa shape index (κ1) is 10.9. The van der Waals surface area contributed by atoms with E-state index in [1.807, 2.05) is 11.9 Å². The minimum atomic E-state index is 0.634. The molecule has 0 aliphatic carbocycles. The Bertz CT molecular complexity index is 445. The molecule has 0 fully saturated rings. The van der Waals surface area contributed by atoms with Gasteiger partial charge in [-0.25, -0.2) is 9.97 Å². The van der Waals surface area contributed by atoms with Crippen LogP contribution in [0.3, 0.4) is 0 Å². The fourth-order valence-corrected chi connectivity index (χ4v) is 1.43. The summed E-state index contributed by atoms with van der Waals surface area (Å²) in [6, 6.07) is 0. The number of aromatic nitrogens is 4. The second-order valence-electron chi connectivity index (χ2n) is 3.25. The van der Waals surface area contributed by atoms with Crippen molar-refractivity contribution in [2.24, 2.45) is 0 Å². The number of nitrogens with zero attached hydrogens (tertiary/aromatic N) is 5. The van der Waals surface area contributed by atoms with Crippen LogP contribution in [0.15, 0.2) is 35.5 Å². The summed E-state index contributed by atoms with van der Waals surface area (Å²) in [6.45, 7) is 0.634. The van der Waals surface area contributed by atoms with Crippen LogP contribution in [0.2, 0.25) is 0 Å². The van der Waals surface area contributed by atoms with Crippen LogP contribution in [0.5, 0.6) is 0 Å². The fourth-order valence-electron chi connectivity index (χ4n) is 1.23. The minimum absolute atomic E-state index is 0.634. The van der Waals surface area contributed by atoms with E-state index in [0.717, 1.165) is 10.2 Å². The quantitative estimate of drug-likeness (QED) is 0.856. The van der Waals surface area contributed by atoms with Crippen molar-refractivity contribution in [2.75, 3.05) is 11.9 Å². The largest absolute Gasteiger partial charge is 0.338 e. The second kappa shape index (κ2) is 4.98. The number of hydrogen-bond donors (Lipinski definition) is 0. The molecule has 82 valence electrons. The Hall–Kier alpha value is -1.56. The third-order valence-electron chi connectivity index (χ3n) is 1.96. The van der Waals surface area contributed by atoms with Crippen molar-refractivity contribution >= 4 is 21.9 Å². The number of halogens is 1. The van der Waals surface area contributed by atoms with Gasteiger partial charge in [0.25, 0.3) is 0 Å². The lowest BCUT2D eigenvalue weighted by molar-refractivity contribution is 0.832. The Kier molecular flexibility index (Phi) is 3.40. The van der Waals surface area contributed by atoms with Crippen LogP contribution in [0, 0.1) is 0 Å². The Morgan fingerprint density at radius 1 is 1.12 bits per heavy atom. The van der Waals surface area contributed by atoms with E-state index in [9.17, 15) is 0 Å². The molecule has 0 amide bonds. The fraction of sp³-hybridized carbons (Fsp3) is 0.200. The highest BCUT2D eigenvalue weighted by Gasteiger charge is 2.05. The van der Waals surface area contributed by atoms with E-state index < -0.39 is 0 Å². The first-order valence-corrected chi connectivity index (χ1v) is 5.48. The molecule has 0 aliphatic heterocycles. The zero-order chi connectivity index (χ0) is 11.4. The smallest absolute Gasteiger partial charge is 0.225 e. The van der Waals surface area contributed by atoms with Crippen molar-refractivity contribution in [3.8, 4) is 0 Å². The van der Waals surface area contributed by atoms with Crippen molar-refractivity contribution in [1.29, 1.82) is 0 Å². The molecule has 0 radical (unpaired) electrons. The van der Waals surface area contributed by atoms with Gasteiger partial charge in [-0.05, 0) is 15.9 Å². The van der Waals surface area contributed by atoms with Gasteiger partial charge in [0, 0.05) is 31.8 Å². The molecule has 0 saturated carbocycles. The van der Waals surface area contributed by atoms with E-state index in [4.69, 9.17) is 0 Å². The molecule has 0 unspecified atom stereocenters. The Balaban J connectivity index is 2.09. The lowest BCUT2D eigenvalue weighted by atomic mass is 10.4. The average molecular weight is 280 g/mol. The summed E-state index contributed by atoms with van der Waals surface area (Å²) in [5.74, 6) is 0.661. The lowest BCUT2D eigenvalue weighted by Gasteiger charge is -2.15. The minimum Gasteiger partial charge on any atom is -0.338 e. The van der Waals surface area contributed by atoms with Crippen LogP contribution >= 0.6 is 15.9 Å². The van der Waals surface area contributed by atoms with Crippen LogP contribution in [0.4, 0.5) is 5.95 Å². The topological polar surface area (TPSA) is 54.8 Å². The van der Waals surface area contributed by atoms with Gasteiger partial charge in [0.05, 0.1) is 22.9 Å². The summed E-state index contributed by atoms with van der Waals surface area (Å²) in [7, 11) is 1.91. The van der Waals surface area contributed by atoms with Crippen LogP contribution in [-0.2, 0) is 6.54 Å². The van der Waals surface area contributed by atoms with Gasteiger partial charge >= 0.3 is 0 Å². The molecule has 2 heterocycles. The third kappa shape index (κ3) is 2.73. The second-order valence-corrected chi connectivity index (χ2v) is 4.17. The van der Waals surface area contributed by atoms with E-state index in [2.05, 4.69) is 35.9 Å². The van der Waals surface area contributed by atoms with Crippen molar-refractivity contribution in [3.63, 3.8) is 0 Å². The van der Waals surface area contributed by atoms with Gasteiger partial charge in [-0.3, -0.25) is 9.97 Å². The summed E-state index contributed by atoms with van der Waals surface area (Å²) >= 11 is 3.30. The molecular formula is C10H10BrN5. The molecule has 2 aromatic heterocycles. The van der Waals surface area contributed by atoms with Gasteiger partial charge in [-0.15, -0.1) is 0 Å². The Labute approximate surface area is 102 Å². The maximum atomic E-state index is 4.19. The zero-order valence-corrected chi connectivity index (χ0v) is 10.3. The number of rotatable bonds is 3. The highest BCUT2D eigenvalue weighted by atomic mass is 79.9. The molecule has 0 saturated heterocycles. The molecule has 5 nitrogen and oxygen atoms in total. The zero-order valence-electron chi connectivity index (χ0n) is 8.71. The maximum Gasteiger partial charge on any atom is 0.225 e. The monoisotopic (exact) mass is 279 g/mol. The standard InChI is InChI=1S/C10H10BrN5/c1-16(7-9-6-12-2-3-13-9)10-14-4-8(11)5-15-10/h2-6H,7H2,1H3. The summed E-state index contributed by atoms with van der Waals surface area (Å²) in [5, 5.41) is 0. The normalized spacial score (nSPS) is 10.1. The molecule has 0 spiro atoms. The molecular weight excluding hydrogens is 270 g/mol. The van der Waals surface area contributed by atoms with Gasteiger partial charge in [-0.1, -0.05) is 0 Å². The van der Waals surface area contributed by atoms with Gasteiger partial charge in [-0.2, -0.15) is 0 Å². The van der Waals surface area contributed by atoms with E-state index in [0.29, 0.717) is 12.5 Å². The first-order chi connectivity index (χ1) is 7.75. The van der Waals surface area contributed by atoms with Gasteiger partial charge in [0.2, 0.25) is 5.95 Å². The molecule has 0 aromatic carbocycles. The van der Waals surface area contributed by atoms with Crippen LogP contribution < -0.4 is 4.90 Å². The highest BCUT2D eigenvalue weighted by molar-refractivity contribution is 9.10. The molecule has 0 N–H and O–H groups in total. The number of hydrogen-bond acceptors (Lipinski definition) is 5. The SMILES string of the molecule is CN(Cc1cnccn1)c1ncc(Br)cn1. The summed E-state index contributed by atoms with van der Waals surface area (Å²) < 4.78 is 0.865. The molecule has 16 heavy (non-hydrogen) atoms. The highest BCUT2D eigenvalue weighted by Crippen LogP contribution is 2.11. The molecule has 0 aliphatic rings. The summed E-state index contributed by atoms with van der Waals surface area (Å²) in [4.78, 5) is 18.5. The molecule has 2 rings (SSSR count). The molecule has 2 aromatic rings. The van der Waals surface area contributed by atoms with Crippen LogP contribution in [-0.4, -0.2) is 27.0 Å². The van der Waals surface area contributed by atoms with E-state index in [-0.39, 0.29) is 0 Å². The summed E-state index contributed by atoms with van der Waals surface area (Å²) in [5.41, 5.74) is 0.886. The maximum absolute atomic E-state index is 4.19. The van der Waals surface area contributed by atoms with Gasteiger partial charge < -0.3 is 4.90 Å². The Morgan fingerprint density at radius 3 is 2.50 bits per heavy atom. The molecule has 6 heteroatoms. The molecule has 0 bridgehead atoms. The van der Waals surface area contributed by atoms with E-state index >= 15 is 0 Å². The van der Waals surface area contributed by atoms with E-state index in [1.54, 1.807) is 31.0 Å². The van der Waals surface area contributed by atoms with Crippen molar-refractivity contribution in [2.45, 2.75) is 6.54 Å². The van der Waals surface area contributed by atoms with E-state index in [1.165, 1.54) is 0 Å². The first-order valence-electron chi connectivity index (χ1n) is 4.69. The lowest BCUT2D eigenvalue weighted by Crippen LogP contribution is -2.19. The average Bonchev–Trinajstić information content (AvgIpc) is 2.31. The summed E-state index contributed by atoms with van der Waals surface area (Å²) in [6.07, 6.45) is 8.49. The van der Waals surface area contributed by atoms with Crippen molar-refractivity contribution < 1.29 is 0 Å². The molecule has 0 atom stereocenters. The van der Waals surface area contributed by atoms with Crippen LogP contribution in [0.1, 0.15) is 5.69 Å². The Morgan fingerprint density at radius 2 is 1.88 bits per heavy atom. The van der Waals surface area contributed by atoms with Crippen molar-refractivity contribution in [3.05, 3.63) is 41.2 Å². The number of anilines is 1. The predicted molar refractivity (Wildman–Crippen MR) is 63.9 cm³/mol. The van der Waals surface area contributed by atoms with Gasteiger partial charge in [0.15, 0.2) is 0 Å².